The van der Waals surface area contributed by atoms with E-state index in [4.69, 9.17) is 5.26 Å². The minimum Gasteiger partial charge on any atom is -0.381 e. The van der Waals surface area contributed by atoms with Gasteiger partial charge in [-0.3, -0.25) is 9.78 Å². The van der Waals surface area contributed by atoms with Crippen molar-refractivity contribution in [3.8, 4) is 6.07 Å². The van der Waals surface area contributed by atoms with Gasteiger partial charge in [0.15, 0.2) is 11.9 Å². The Bertz CT molecular complexity index is 507. The number of aliphatic imine (C=N–C) groups is 1. The van der Waals surface area contributed by atoms with Gasteiger partial charge < -0.3 is 10.0 Å². The van der Waals surface area contributed by atoms with Crippen molar-refractivity contribution in [1.29, 1.82) is 5.26 Å². The average molecular weight is 244 g/mol. The fourth-order valence-corrected chi connectivity index (χ4v) is 1.72. The molecule has 1 aliphatic heterocycles. The summed E-state index contributed by atoms with van der Waals surface area (Å²) in [5.41, 5.74) is 0.565. The second kappa shape index (κ2) is 5.38. The summed E-state index contributed by atoms with van der Waals surface area (Å²) in [5, 5.41) is 18.1. The number of amidine groups is 1. The molecule has 6 nitrogen and oxygen atoms in total. The number of carbonyl (C=O) groups is 1. The number of aromatic nitrogens is 1. The van der Waals surface area contributed by atoms with Gasteiger partial charge in [-0.1, -0.05) is 6.07 Å². The maximum atomic E-state index is 11.4. The van der Waals surface area contributed by atoms with E-state index < -0.39 is 12.0 Å². The number of hydrogen-bond donors (Lipinski definition) is 1. The van der Waals surface area contributed by atoms with Crippen molar-refractivity contribution in [3.63, 3.8) is 0 Å². The molecular weight excluding hydrogens is 232 g/mol. The predicted molar refractivity (Wildman–Crippen MR) is 63.6 cm³/mol. The highest BCUT2D eigenvalue weighted by Crippen LogP contribution is 2.11. The fraction of sp³-hybridized carbons (Fsp3) is 0.333. The van der Waals surface area contributed by atoms with Crippen LogP contribution in [0.2, 0.25) is 0 Å². The van der Waals surface area contributed by atoms with Crippen LogP contribution in [0.25, 0.3) is 0 Å². The number of carbonyl (C=O) groups excluding carboxylic acids is 1. The first-order chi connectivity index (χ1) is 8.72. The van der Waals surface area contributed by atoms with Crippen molar-refractivity contribution in [2.24, 2.45) is 4.99 Å². The van der Waals surface area contributed by atoms with E-state index in [1.54, 1.807) is 29.3 Å². The molecule has 1 aliphatic rings. The molecule has 0 saturated carbocycles. The molecule has 92 valence electrons. The van der Waals surface area contributed by atoms with Gasteiger partial charge in [0.2, 0.25) is 0 Å². The summed E-state index contributed by atoms with van der Waals surface area (Å²) >= 11 is 0. The highest BCUT2D eigenvalue weighted by atomic mass is 16.3. The minimum atomic E-state index is -1.13. The summed E-state index contributed by atoms with van der Waals surface area (Å²) in [5.74, 6) is -0.148. The van der Waals surface area contributed by atoms with Gasteiger partial charge in [-0.15, -0.1) is 0 Å². The number of β-amino-alcohol motifs (C(OH)–C–C–N with tert-alkyl or cyclic N) is 1. The number of nitriles is 1. The van der Waals surface area contributed by atoms with Crippen LogP contribution in [0.4, 0.5) is 0 Å². The highest BCUT2D eigenvalue weighted by molar-refractivity contribution is 6.06. The van der Waals surface area contributed by atoms with E-state index in [1.807, 2.05) is 6.07 Å². The summed E-state index contributed by atoms with van der Waals surface area (Å²) in [6.07, 6.45) is 0.777. The molecule has 0 spiro atoms. The van der Waals surface area contributed by atoms with Gasteiger partial charge in [0.25, 0.3) is 5.91 Å². The second-order valence-electron chi connectivity index (χ2n) is 3.86. The first kappa shape index (κ1) is 12.2. The van der Waals surface area contributed by atoms with E-state index in [2.05, 4.69) is 9.98 Å². The molecule has 1 atom stereocenters. The molecule has 2 heterocycles. The van der Waals surface area contributed by atoms with Crippen LogP contribution >= 0.6 is 0 Å². The topological polar surface area (TPSA) is 89.6 Å². The molecule has 1 aromatic heterocycles. The Kier molecular flexibility index (Phi) is 3.65. The first-order valence-electron chi connectivity index (χ1n) is 5.56. The minimum absolute atomic E-state index is 0.149. The molecule has 18 heavy (non-hydrogen) atoms. The molecule has 1 unspecified atom stereocenters. The summed E-state index contributed by atoms with van der Waals surface area (Å²) in [4.78, 5) is 21.1. The molecule has 0 bridgehead atoms. The maximum absolute atomic E-state index is 11.4. The molecule has 0 aliphatic carbocycles. The van der Waals surface area contributed by atoms with Crippen LogP contribution in [0.15, 0.2) is 29.4 Å². The van der Waals surface area contributed by atoms with Crippen LogP contribution in [-0.2, 0) is 4.79 Å². The van der Waals surface area contributed by atoms with E-state index in [1.165, 1.54) is 0 Å². The van der Waals surface area contributed by atoms with Crippen LogP contribution < -0.4 is 0 Å². The van der Waals surface area contributed by atoms with E-state index in [-0.39, 0.29) is 6.54 Å². The highest BCUT2D eigenvalue weighted by Gasteiger charge is 2.28. The van der Waals surface area contributed by atoms with Gasteiger partial charge in [-0.2, -0.15) is 10.3 Å². The SMILES string of the molecule is N#CCCN1CC(O)C(=O)N=C1c1ccccn1. The van der Waals surface area contributed by atoms with Gasteiger partial charge in [0.05, 0.1) is 19.0 Å². The lowest BCUT2D eigenvalue weighted by Gasteiger charge is -2.29. The Hall–Kier alpha value is -2.26. The smallest absolute Gasteiger partial charge is 0.278 e. The summed E-state index contributed by atoms with van der Waals surface area (Å²) in [7, 11) is 0. The molecule has 6 heteroatoms. The molecule has 2 rings (SSSR count). The van der Waals surface area contributed by atoms with Gasteiger partial charge in [0, 0.05) is 12.7 Å². The normalized spacial score (nSPS) is 19.3. The lowest BCUT2D eigenvalue weighted by molar-refractivity contribution is -0.127. The monoisotopic (exact) mass is 244 g/mol. The van der Waals surface area contributed by atoms with Gasteiger partial charge in [0.1, 0.15) is 5.69 Å². The second-order valence-corrected chi connectivity index (χ2v) is 3.86. The molecule has 1 amide bonds. The Morgan fingerprint density at radius 1 is 1.56 bits per heavy atom. The van der Waals surface area contributed by atoms with E-state index in [0.29, 0.717) is 24.5 Å². The Balaban J connectivity index is 2.31. The van der Waals surface area contributed by atoms with Crippen molar-refractivity contribution in [3.05, 3.63) is 30.1 Å². The number of rotatable bonds is 3. The number of aliphatic hydroxyl groups excluding tert-OH is 1. The molecule has 0 fully saturated rings. The third kappa shape index (κ3) is 2.52. The van der Waals surface area contributed by atoms with Crippen LogP contribution in [0.3, 0.4) is 0 Å². The zero-order chi connectivity index (χ0) is 13.0. The van der Waals surface area contributed by atoms with Crippen LogP contribution in [0.1, 0.15) is 12.1 Å². The van der Waals surface area contributed by atoms with Gasteiger partial charge in [-0.05, 0) is 12.1 Å². The molecular formula is C12H12N4O2. The third-order valence-electron chi connectivity index (χ3n) is 2.58. The summed E-state index contributed by atoms with van der Waals surface area (Å²) in [6, 6.07) is 7.33. The lowest BCUT2D eigenvalue weighted by atomic mass is 10.2. The Morgan fingerprint density at radius 2 is 2.39 bits per heavy atom. The number of nitrogens with zero attached hydrogens (tertiary/aromatic N) is 4. The third-order valence-corrected chi connectivity index (χ3v) is 2.58. The zero-order valence-electron chi connectivity index (χ0n) is 9.65. The number of aliphatic hydroxyl groups is 1. The molecule has 0 radical (unpaired) electrons. The largest absolute Gasteiger partial charge is 0.381 e. The van der Waals surface area contributed by atoms with Crippen molar-refractivity contribution in [2.45, 2.75) is 12.5 Å². The Labute approximate surface area is 104 Å². The van der Waals surface area contributed by atoms with Crippen molar-refractivity contribution >= 4 is 11.7 Å². The molecule has 0 aromatic carbocycles. The predicted octanol–water partition coefficient (Wildman–Crippen LogP) is -0.0550. The summed E-state index contributed by atoms with van der Waals surface area (Å²) < 4.78 is 0. The van der Waals surface area contributed by atoms with Crippen molar-refractivity contribution in [2.75, 3.05) is 13.1 Å². The standard InChI is InChI=1S/C12H12N4O2/c13-5-3-7-16-8-10(17)12(18)15-11(16)9-4-1-2-6-14-9/h1-2,4,6,10,17H,3,7-8H2. The Morgan fingerprint density at radius 3 is 3.06 bits per heavy atom. The zero-order valence-corrected chi connectivity index (χ0v) is 9.65. The molecule has 1 aromatic rings. The van der Waals surface area contributed by atoms with E-state index in [0.717, 1.165) is 0 Å². The van der Waals surface area contributed by atoms with Gasteiger partial charge >= 0.3 is 0 Å². The molecule has 0 saturated heterocycles. The number of pyridine rings is 1. The van der Waals surface area contributed by atoms with E-state index in [9.17, 15) is 9.90 Å². The van der Waals surface area contributed by atoms with Crippen LogP contribution in [0, 0.1) is 11.3 Å². The molecule has 1 N–H and O–H groups in total. The lowest BCUT2D eigenvalue weighted by Crippen LogP contribution is -2.46. The number of hydrogen-bond acceptors (Lipinski definition) is 5. The maximum Gasteiger partial charge on any atom is 0.278 e. The fourth-order valence-electron chi connectivity index (χ4n) is 1.72. The van der Waals surface area contributed by atoms with Crippen molar-refractivity contribution in [1.82, 2.24) is 9.88 Å². The van der Waals surface area contributed by atoms with Crippen LogP contribution in [-0.4, -0.2) is 45.9 Å². The van der Waals surface area contributed by atoms with Crippen LogP contribution in [0.5, 0.6) is 0 Å². The summed E-state index contributed by atoms with van der Waals surface area (Å²) in [6.45, 7) is 0.562. The first-order valence-corrected chi connectivity index (χ1v) is 5.56. The van der Waals surface area contributed by atoms with Gasteiger partial charge in [-0.25, -0.2) is 0 Å². The average Bonchev–Trinajstić information content (AvgIpc) is 2.40. The number of amides is 1. The quantitative estimate of drug-likeness (QED) is 0.804. The van der Waals surface area contributed by atoms with Crippen molar-refractivity contribution < 1.29 is 9.90 Å². The van der Waals surface area contributed by atoms with E-state index >= 15 is 0 Å².